The second-order valence-corrected chi connectivity index (χ2v) is 26.8. The fraction of sp³-hybridized carbons (Fsp3) is 0.297. The number of esters is 1. The van der Waals surface area contributed by atoms with Crippen molar-refractivity contribution < 1.29 is 85.7 Å². The van der Waals surface area contributed by atoms with Crippen LogP contribution in [0.5, 0.6) is 69.0 Å². The topological polar surface area (TPSA) is 517 Å². The van der Waals surface area contributed by atoms with Gasteiger partial charge in [-0.3, -0.25) is 29.9 Å². The van der Waals surface area contributed by atoms with Gasteiger partial charge in [0.1, 0.15) is 81.7 Å². The van der Waals surface area contributed by atoms with Gasteiger partial charge in [0, 0.05) is 174 Å². The number of carbonyl (C=O) groups excluding carboxylic acids is 1. The van der Waals surface area contributed by atoms with Gasteiger partial charge in [-0.2, -0.15) is 4.57 Å². The molecule has 0 saturated heterocycles. The Morgan fingerprint density at radius 1 is 0.453 bits per heavy atom. The zero-order valence-electron chi connectivity index (χ0n) is 75.7. The number of halogens is 1. The summed E-state index contributed by atoms with van der Waals surface area (Å²) in [6.45, 7) is 3.65. The molecule has 47 nitrogen and oxygen atoms in total. The van der Waals surface area contributed by atoms with Crippen LogP contribution < -0.4 is 93.3 Å². The van der Waals surface area contributed by atoms with Crippen molar-refractivity contribution >= 4 is 51.7 Å². The number of nitrogen functional groups attached to an aromatic ring is 1. The quantitative estimate of drug-likeness (QED) is 0.00623. The Balaban J connectivity index is 0.000000544. The number of nitrogens with two attached hydrogens (primary N) is 1. The summed E-state index contributed by atoms with van der Waals surface area (Å²) in [5.74, 6) is 5.82. The SMILES string of the molecule is C.C.C.C.C.C.CCOC(C)=O.COc1cc(-n2cc[n+](C)c2)c(OC)cc1N=NC1N(C)C=C[NH+]1C.COc1cc(-n2ccnc2)c(OC)cc1N.COc1cc(-n2ccnc2)c(OC)cc1N=NC1NC=CN1.COc1cc(-n2ccnc2)c(OC)cc1N=NC1NC=CN1.COc1cc([N+](=O)[O-])c(OC)cc1-n1ccnc1.COc1cc([N+](=O)[O-])c(OC)cc1Cl.c1c[nH]cn1.c1c[nH]cn1. The van der Waals surface area contributed by atoms with E-state index < -0.39 is 9.85 Å². The highest BCUT2D eigenvalue weighted by atomic mass is 35.5. The third-order valence-corrected chi connectivity index (χ3v) is 18.3. The van der Waals surface area contributed by atoms with Gasteiger partial charge >= 0.3 is 17.3 Å². The molecule has 2 atom stereocenters. The van der Waals surface area contributed by atoms with Gasteiger partial charge in [0.2, 0.25) is 18.9 Å². The number of benzene rings is 6. The maximum atomic E-state index is 10.9. The lowest BCUT2D eigenvalue weighted by Crippen LogP contribution is -3.08. The van der Waals surface area contributed by atoms with Crippen molar-refractivity contribution in [2.45, 2.75) is 77.3 Å². The average Bonchev–Trinajstić information content (AvgIpc) is 1.71. The molecule has 139 heavy (non-hydrogen) atoms. The minimum absolute atomic E-state index is 0. The van der Waals surface area contributed by atoms with Crippen LogP contribution in [0, 0.1) is 20.2 Å². The zero-order valence-corrected chi connectivity index (χ0v) is 76.4. The van der Waals surface area contributed by atoms with Gasteiger partial charge in [0.25, 0.3) is 6.29 Å². The van der Waals surface area contributed by atoms with Crippen LogP contribution in [0.2, 0.25) is 5.02 Å². The standard InChI is InChI=1S/C17H23N6O2.2C14H16N6O2.C11H11N3O4.C11H13N3O2.C8H8ClNO4.C4H8O2.2C3H4N2.6CH4/c1-20-6-9-23(12-20)14-11-15(24-4)13(10-16(14)25-5)18-19-17-21(2)7-8-22(17)3;2*1-21-12-8-11(20-6-5-15-9-20)13(22-2)7-10(12)18-19-14-16-3-4-17-14;1-17-10-6-9(14(15)16)11(18-2)5-8(10)13-4-3-12-7-13;1-15-10-6-9(14-4-3-13-7-14)11(16-2)5-8(10)12;1-13-7-4-6(10(11)12)8(14-2)3-5(7)9;1-3-6-4(2)5;2*1-2-5-3-4-1;;;;;;/h6-12,17H,1-5H3;2*3-9,14,16-17H,1-2H3;3-7H,1-2H3;3-7H,12H2,1-2H3;3-4H,1-2H3;3H2,1-2H3;2*1-3H,(H,4,5);6*1H4/q+1;;;;;;;;;;;;;;/p+1. The van der Waals surface area contributed by atoms with E-state index in [1.54, 1.807) is 211 Å². The number of H-pyrrole nitrogens is 2. The van der Waals surface area contributed by atoms with E-state index >= 15 is 0 Å². The summed E-state index contributed by atoms with van der Waals surface area (Å²) in [5, 5.41) is 59.3. The Hall–Kier alpha value is -17.3. The molecule has 3 aliphatic rings. The van der Waals surface area contributed by atoms with Crippen LogP contribution in [0.25, 0.3) is 28.4 Å². The molecular formula is C91H128ClN29O18+2. The number of nitrogens with zero attached hydrogens (tertiary/aromatic N) is 21. The number of aryl methyl sites for hydroxylation is 1. The number of aromatic amines is 2. The number of carbonyl (C=O) groups is 1. The summed E-state index contributed by atoms with van der Waals surface area (Å²) in [7, 11) is 24.4. The van der Waals surface area contributed by atoms with E-state index in [0.717, 1.165) is 27.6 Å². The molecule has 0 amide bonds. The number of azo groups is 3. The molecule has 0 aliphatic carbocycles. The van der Waals surface area contributed by atoms with Gasteiger partial charge in [-0.1, -0.05) is 56.2 Å². The second-order valence-electron chi connectivity index (χ2n) is 26.4. The van der Waals surface area contributed by atoms with Gasteiger partial charge in [0.05, 0.1) is 206 Å². The smallest absolute Gasteiger partial charge is 0.314 e. The number of methoxy groups -OCH3 is 12. The molecule has 0 radical (unpaired) electrons. The summed E-state index contributed by atoms with van der Waals surface area (Å²) >= 11 is 5.76. The van der Waals surface area contributed by atoms with Crippen molar-refractivity contribution in [3.8, 4) is 97.4 Å². The molecule has 48 heteroatoms. The molecule has 0 saturated carbocycles. The molecule has 16 rings (SSSR count). The molecule has 9 N–H and O–H groups in total. The predicted octanol–water partition coefficient (Wildman–Crippen LogP) is 15.2. The number of aromatic nitrogens is 14. The molecule has 2 unspecified atom stereocenters. The Morgan fingerprint density at radius 3 is 1.06 bits per heavy atom. The number of imidazole rings is 7. The summed E-state index contributed by atoms with van der Waals surface area (Å²) in [6, 6.07) is 20.0. The van der Waals surface area contributed by atoms with E-state index in [2.05, 4.69) is 96.6 Å². The number of ether oxygens (including phenoxy) is 13. The van der Waals surface area contributed by atoms with Crippen LogP contribution in [0.15, 0.2) is 272 Å². The van der Waals surface area contributed by atoms with E-state index in [1.165, 1.54) is 53.6 Å². The number of hydrogen-bond donors (Lipinski definition) is 8. The first-order valence-corrected chi connectivity index (χ1v) is 39.9. The number of nitro groups is 2. The molecular weight excluding hydrogens is 1820 g/mol. The Labute approximate surface area is 812 Å². The Bertz CT molecular complexity index is 5710. The van der Waals surface area contributed by atoms with Crippen molar-refractivity contribution in [3.05, 3.63) is 266 Å². The number of rotatable bonds is 26. The van der Waals surface area contributed by atoms with Gasteiger partial charge < -0.3 is 122 Å². The molecule has 750 valence electrons. The van der Waals surface area contributed by atoms with E-state index in [0.29, 0.717) is 86.8 Å². The first-order chi connectivity index (χ1) is 64.4. The summed E-state index contributed by atoms with van der Waals surface area (Å²) in [5.41, 5.74) is 11.8. The van der Waals surface area contributed by atoms with Crippen molar-refractivity contribution in [3.63, 3.8) is 0 Å². The maximum Gasteiger partial charge on any atom is 0.314 e. The maximum absolute atomic E-state index is 10.9. The van der Waals surface area contributed by atoms with Crippen LogP contribution in [0.4, 0.5) is 34.1 Å². The van der Waals surface area contributed by atoms with E-state index in [1.807, 2.05) is 129 Å². The van der Waals surface area contributed by atoms with Crippen molar-refractivity contribution in [2.24, 2.45) is 37.7 Å². The van der Waals surface area contributed by atoms with Crippen LogP contribution in [-0.4, -0.2) is 208 Å². The van der Waals surface area contributed by atoms with Gasteiger partial charge in [-0.05, 0) is 6.92 Å². The highest BCUT2D eigenvalue weighted by molar-refractivity contribution is 6.32. The Morgan fingerprint density at radius 2 is 0.784 bits per heavy atom. The zero-order chi connectivity index (χ0) is 96.1. The molecule has 0 fully saturated rings. The highest BCUT2D eigenvalue weighted by Crippen LogP contribution is 2.43. The number of anilines is 1. The van der Waals surface area contributed by atoms with Crippen LogP contribution in [0.3, 0.4) is 0 Å². The fourth-order valence-electron chi connectivity index (χ4n) is 11.6. The number of hydrogen-bond acceptors (Lipinski definition) is 36. The molecule has 3 aliphatic heterocycles. The molecule has 0 spiro atoms. The summed E-state index contributed by atoms with van der Waals surface area (Å²) in [4.78, 5) is 62.2. The van der Waals surface area contributed by atoms with Crippen LogP contribution in [0.1, 0.15) is 58.4 Å². The van der Waals surface area contributed by atoms with Crippen LogP contribution >= 0.6 is 11.6 Å². The minimum Gasteiger partial charge on any atom is -0.495 e. The van der Waals surface area contributed by atoms with E-state index in [4.69, 9.17) is 74.2 Å². The monoisotopic (exact) mass is 1950 g/mol. The summed E-state index contributed by atoms with van der Waals surface area (Å²) in [6.07, 6.45) is 47.0. The molecule has 13 aromatic rings. The highest BCUT2D eigenvalue weighted by Gasteiger charge is 2.27. The fourth-order valence-corrected chi connectivity index (χ4v) is 11.8. The van der Waals surface area contributed by atoms with Gasteiger partial charge in [0.15, 0.2) is 28.7 Å². The number of quaternary nitrogens is 1. The van der Waals surface area contributed by atoms with Crippen molar-refractivity contribution in [2.75, 3.05) is 112 Å². The largest absolute Gasteiger partial charge is 0.495 e. The summed E-state index contributed by atoms with van der Waals surface area (Å²) < 4.78 is 78.5. The lowest BCUT2D eigenvalue weighted by atomic mass is 10.2. The normalized spacial score (nSPS) is 12.4. The number of nitro benzene ring substituents is 2. The van der Waals surface area contributed by atoms with Gasteiger partial charge in [-0.15, -0.1) is 30.7 Å². The van der Waals surface area contributed by atoms with E-state index in [9.17, 15) is 25.0 Å². The second kappa shape index (κ2) is 61.5. The van der Waals surface area contributed by atoms with Crippen LogP contribution in [-0.2, 0) is 16.6 Å². The third kappa shape index (κ3) is 34.3. The number of nitrogens with one attached hydrogen (secondary N) is 7. The molecule has 7 aromatic heterocycles. The lowest BCUT2D eigenvalue weighted by molar-refractivity contribution is -0.856. The Kier molecular flexibility index (Phi) is 52.1. The first kappa shape index (κ1) is 118. The average molecular weight is 1950 g/mol. The van der Waals surface area contributed by atoms with E-state index in [-0.39, 0.29) is 103 Å². The molecule has 6 aromatic carbocycles. The minimum atomic E-state index is -0.558. The molecule has 0 bridgehead atoms. The predicted molar refractivity (Wildman–Crippen MR) is 528 cm³/mol. The first-order valence-electron chi connectivity index (χ1n) is 39.5. The molecule has 10 heterocycles. The van der Waals surface area contributed by atoms with Gasteiger partial charge in [-0.25, -0.2) is 34.5 Å². The van der Waals surface area contributed by atoms with Crippen molar-refractivity contribution in [1.29, 1.82) is 0 Å². The lowest BCUT2D eigenvalue weighted by Gasteiger charge is -2.17. The third-order valence-electron chi connectivity index (χ3n) is 18.0. The van der Waals surface area contributed by atoms with Crippen molar-refractivity contribution in [1.82, 2.24) is 88.9 Å².